The third-order valence-corrected chi connectivity index (χ3v) is 9.01. The second-order valence-corrected chi connectivity index (χ2v) is 11.7. The minimum Gasteiger partial charge on any atom is -0.497 e. The Hall–Kier alpha value is -3.60. The van der Waals surface area contributed by atoms with Crippen molar-refractivity contribution >= 4 is 40.8 Å². The van der Waals surface area contributed by atoms with Crippen LogP contribution in [0.1, 0.15) is 16.8 Å². The summed E-state index contributed by atoms with van der Waals surface area (Å²) in [4.78, 5) is 14.7. The molecule has 0 radical (unpaired) electrons. The molecule has 206 valence electrons. The highest BCUT2D eigenvalue weighted by Crippen LogP contribution is 2.42. The number of benzene rings is 3. The van der Waals surface area contributed by atoms with E-state index in [0.29, 0.717) is 4.90 Å². The minimum atomic E-state index is -1.33. The quantitative estimate of drug-likeness (QED) is 0.179. The molecular weight excluding hydrogens is 541 g/mol. The molecule has 6 rings (SSSR count). The number of ether oxygens (including phenoxy) is 1. The summed E-state index contributed by atoms with van der Waals surface area (Å²) in [7, 11) is 0.361. The van der Waals surface area contributed by atoms with Crippen LogP contribution in [0, 0.1) is 6.92 Å². The van der Waals surface area contributed by atoms with Crippen LogP contribution in [0.25, 0.3) is 11.1 Å². The van der Waals surface area contributed by atoms with Crippen molar-refractivity contribution < 1.29 is 8.95 Å². The van der Waals surface area contributed by atoms with Gasteiger partial charge in [-0.25, -0.2) is 14.2 Å². The Labute approximate surface area is 242 Å². The first-order chi connectivity index (χ1) is 19.5. The van der Waals surface area contributed by atoms with Gasteiger partial charge in [0.2, 0.25) is 0 Å². The Balaban J connectivity index is 1.06. The predicted molar refractivity (Wildman–Crippen MR) is 165 cm³/mol. The maximum atomic E-state index is 12.7. The summed E-state index contributed by atoms with van der Waals surface area (Å²) in [6.45, 7) is 5.41. The number of piperazine rings is 1. The van der Waals surface area contributed by atoms with Gasteiger partial charge in [-0.15, -0.1) is 12.6 Å². The summed E-state index contributed by atoms with van der Waals surface area (Å²) >= 11 is 4.85. The fourth-order valence-corrected chi connectivity index (χ4v) is 6.44. The maximum absolute atomic E-state index is 12.7. The highest BCUT2D eigenvalue weighted by molar-refractivity contribution is 7.86. The fourth-order valence-electron chi connectivity index (χ4n) is 5.21. The van der Waals surface area contributed by atoms with E-state index in [1.807, 2.05) is 61.5 Å². The van der Waals surface area contributed by atoms with Crippen molar-refractivity contribution in [1.82, 2.24) is 14.9 Å². The lowest BCUT2D eigenvalue weighted by atomic mass is 10.1. The van der Waals surface area contributed by atoms with Gasteiger partial charge in [0.1, 0.15) is 34.4 Å². The molecule has 0 saturated carbocycles. The maximum Gasteiger partial charge on any atom is 0.150 e. The third-order valence-electron chi connectivity index (χ3n) is 7.43. The number of aryl methyl sites for hydroxylation is 1. The van der Waals surface area contributed by atoms with E-state index in [9.17, 15) is 4.21 Å². The Bertz CT molecular complexity index is 1520. The van der Waals surface area contributed by atoms with Crippen LogP contribution in [0.3, 0.4) is 0 Å². The molecule has 0 spiro atoms. The van der Waals surface area contributed by atoms with Crippen molar-refractivity contribution in [2.75, 3.05) is 48.2 Å². The van der Waals surface area contributed by atoms with Gasteiger partial charge in [-0.2, -0.15) is 0 Å². The molecule has 4 aromatic rings. The number of hydrogen-bond acceptors (Lipinski definition) is 8. The number of rotatable bonds is 8. The first-order valence-electron chi connectivity index (χ1n) is 13.3. The van der Waals surface area contributed by atoms with Gasteiger partial charge in [0.15, 0.2) is 0 Å². The van der Waals surface area contributed by atoms with Crippen molar-refractivity contribution in [3.05, 3.63) is 89.9 Å². The molecule has 1 saturated heterocycles. The number of hydrogen-bond donors (Lipinski definition) is 3. The highest BCUT2D eigenvalue weighted by Gasteiger charge is 2.29. The first kappa shape index (κ1) is 26.6. The van der Waals surface area contributed by atoms with E-state index in [2.05, 4.69) is 37.0 Å². The lowest BCUT2D eigenvalue weighted by molar-refractivity contribution is 0.256. The number of thiol groups is 1. The second kappa shape index (κ2) is 11.5. The number of aromatic nitrogens is 2. The van der Waals surface area contributed by atoms with Gasteiger partial charge in [0.05, 0.1) is 17.7 Å². The average molecular weight is 573 g/mol. The number of nitrogens with one attached hydrogen (secondary N) is 2. The summed E-state index contributed by atoms with van der Waals surface area (Å²) in [5, 5.41) is 3.47. The van der Waals surface area contributed by atoms with Crippen molar-refractivity contribution in [3.63, 3.8) is 0 Å². The molecule has 1 fully saturated rings. The van der Waals surface area contributed by atoms with Gasteiger partial charge >= 0.3 is 0 Å². The van der Waals surface area contributed by atoms with E-state index in [1.165, 1.54) is 16.7 Å². The van der Waals surface area contributed by atoms with Crippen molar-refractivity contribution in [2.24, 2.45) is 0 Å². The van der Waals surface area contributed by atoms with E-state index in [1.54, 1.807) is 13.4 Å². The van der Waals surface area contributed by atoms with Crippen LogP contribution in [-0.2, 0) is 17.4 Å². The van der Waals surface area contributed by atoms with E-state index in [4.69, 9.17) is 22.3 Å². The van der Waals surface area contributed by atoms with Crippen LogP contribution < -0.4 is 19.7 Å². The smallest absolute Gasteiger partial charge is 0.150 e. The van der Waals surface area contributed by atoms with Gasteiger partial charge in [-0.05, 0) is 66.6 Å². The number of nitrogens with zero attached hydrogens (tertiary/aromatic N) is 4. The molecule has 2 aliphatic rings. The molecule has 0 bridgehead atoms. The zero-order valence-corrected chi connectivity index (χ0v) is 24.2. The molecular formula is C30H32N6O2S2. The summed E-state index contributed by atoms with van der Waals surface area (Å²) in [5.74, 6) is 1.86. The van der Waals surface area contributed by atoms with Crippen LogP contribution in [0.15, 0.2) is 78.0 Å². The summed E-state index contributed by atoms with van der Waals surface area (Å²) in [6, 6.07) is 21.7. The molecule has 40 heavy (non-hydrogen) atoms. The molecule has 0 amide bonds. The zero-order chi connectivity index (χ0) is 27.6. The Kier molecular flexibility index (Phi) is 7.64. The second-order valence-electron chi connectivity index (χ2n) is 10.0. The van der Waals surface area contributed by atoms with Gasteiger partial charge in [0.25, 0.3) is 0 Å². The van der Waals surface area contributed by atoms with Crippen LogP contribution in [-0.4, -0.2) is 57.9 Å². The molecule has 2 N–H and O–H groups in total. The van der Waals surface area contributed by atoms with Gasteiger partial charge in [-0.1, -0.05) is 23.8 Å². The van der Waals surface area contributed by atoms with Crippen LogP contribution >= 0.6 is 12.6 Å². The predicted octanol–water partition coefficient (Wildman–Crippen LogP) is 4.95. The molecule has 2 unspecified atom stereocenters. The van der Waals surface area contributed by atoms with E-state index in [0.717, 1.165) is 66.8 Å². The van der Waals surface area contributed by atoms with Gasteiger partial charge in [0, 0.05) is 49.5 Å². The molecule has 1 aliphatic carbocycles. The fraction of sp³-hybridized carbons (Fsp3) is 0.267. The number of methoxy groups -OCH3 is 1. The standard InChI is InChI=1S/C30H32N6O2S2/c1-20-3-5-23(6-4-20)34-40(37)25-10-7-22(8-11-25)33-30(39)36-15-13-35(14-16-36)29-28-26-12-9-24(38-2)17-21(26)18-27(28)31-19-32-29/h3-12,17,19,30,33-34,39H,13-16,18H2,1-2H3. The minimum absolute atomic E-state index is 0.145. The monoisotopic (exact) mass is 572 g/mol. The average Bonchev–Trinajstić information content (AvgIpc) is 3.36. The van der Waals surface area contributed by atoms with Gasteiger partial charge < -0.3 is 19.7 Å². The van der Waals surface area contributed by atoms with Crippen LogP contribution in [0.5, 0.6) is 5.75 Å². The molecule has 1 aromatic heterocycles. The first-order valence-corrected chi connectivity index (χ1v) is 14.9. The zero-order valence-electron chi connectivity index (χ0n) is 22.5. The Morgan fingerprint density at radius 2 is 1.68 bits per heavy atom. The molecule has 3 aromatic carbocycles. The Morgan fingerprint density at radius 3 is 2.40 bits per heavy atom. The van der Waals surface area contributed by atoms with Crippen molar-refractivity contribution in [1.29, 1.82) is 0 Å². The third kappa shape index (κ3) is 5.52. The topological polar surface area (TPSA) is 82.6 Å². The number of anilines is 3. The van der Waals surface area contributed by atoms with E-state index in [-0.39, 0.29) is 5.50 Å². The van der Waals surface area contributed by atoms with Crippen molar-refractivity contribution in [2.45, 2.75) is 23.7 Å². The largest absolute Gasteiger partial charge is 0.497 e. The van der Waals surface area contributed by atoms with E-state index >= 15 is 0 Å². The SMILES string of the molecule is COc1ccc2c(c1)Cc1ncnc(N3CCN(C(S)Nc4ccc(S(=O)Nc5ccc(C)cc5)cc4)CC3)c1-2. The van der Waals surface area contributed by atoms with Crippen LogP contribution in [0.2, 0.25) is 0 Å². The normalized spacial score (nSPS) is 16.1. The van der Waals surface area contributed by atoms with Crippen molar-refractivity contribution in [3.8, 4) is 16.9 Å². The lowest BCUT2D eigenvalue weighted by Gasteiger charge is -2.39. The highest BCUT2D eigenvalue weighted by atomic mass is 32.2. The Morgan fingerprint density at radius 1 is 0.950 bits per heavy atom. The molecule has 8 nitrogen and oxygen atoms in total. The molecule has 10 heteroatoms. The number of fused-ring (bicyclic) bond motifs is 3. The lowest BCUT2D eigenvalue weighted by Crippen LogP contribution is -2.51. The summed E-state index contributed by atoms with van der Waals surface area (Å²) in [6.07, 6.45) is 2.48. The summed E-state index contributed by atoms with van der Waals surface area (Å²) in [5.41, 5.74) is 7.42. The molecule has 1 aliphatic heterocycles. The van der Waals surface area contributed by atoms with Gasteiger partial charge in [-0.3, -0.25) is 4.90 Å². The molecule has 2 heterocycles. The van der Waals surface area contributed by atoms with E-state index < -0.39 is 11.0 Å². The molecule has 2 atom stereocenters. The van der Waals surface area contributed by atoms with Crippen LogP contribution in [0.4, 0.5) is 17.2 Å². The summed E-state index contributed by atoms with van der Waals surface area (Å²) < 4.78 is 21.2.